The number of benzene rings is 1. The Bertz CT molecular complexity index is 534. The Hall–Kier alpha value is -1.86. The van der Waals surface area contributed by atoms with E-state index in [4.69, 9.17) is 16.9 Å². The first-order valence-electron chi connectivity index (χ1n) is 6.87. The van der Waals surface area contributed by atoms with E-state index < -0.39 is 0 Å². The van der Waals surface area contributed by atoms with Crippen molar-refractivity contribution in [1.29, 1.82) is 5.26 Å². The average Bonchev–Trinajstić information content (AvgIpc) is 2.47. The quantitative estimate of drug-likeness (QED) is 0.725. The van der Waals surface area contributed by atoms with Crippen LogP contribution in [-0.2, 0) is 4.79 Å². The molecule has 0 aliphatic rings. The second-order valence-corrected chi connectivity index (χ2v) is 5.44. The predicted molar refractivity (Wildman–Crippen MR) is 82.1 cm³/mol. The number of nitriles is 1. The SMILES string of the molecule is C[C@@H](CC#N)N(C)C(=O)CCCC(=O)c1ccc(Cl)cc1. The molecular weight excluding hydrogens is 288 g/mol. The molecule has 0 unspecified atom stereocenters. The first-order chi connectivity index (χ1) is 9.95. The monoisotopic (exact) mass is 306 g/mol. The number of nitrogens with zero attached hydrogens (tertiary/aromatic N) is 2. The smallest absolute Gasteiger partial charge is 0.222 e. The standard InChI is InChI=1S/C16H19ClN2O2/c1-12(10-11-18)19(2)16(21)5-3-4-15(20)13-6-8-14(17)9-7-13/h6-9,12H,3-5,10H2,1-2H3/t12-/m0/s1. The second-order valence-electron chi connectivity index (χ2n) is 5.00. The van der Waals surface area contributed by atoms with Gasteiger partial charge in [0.2, 0.25) is 5.91 Å². The predicted octanol–water partition coefficient (Wildman–Crippen LogP) is 3.45. The van der Waals surface area contributed by atoms with Crippen molar-refractivity contribution >= 4 is 23.3 Å². The zero-order valence-electron chi connectivity index (χ0n) is 12.3. The van der Waals surface area contributed by atoms with Gasteiger partial charge in [0.05, 0.1) is 12.5 Å². The molecule has 0 aliphatic carbocycles. The third-order valence-corrected chi connectivity index (χ3v) is 3.65. The zero-order valence-corrected chi connectivity index (χ0v) is 13.1. The van der Waals surface area contributed by atoms with E-state index in [0.29, 0.717) is 36.3 Å². The van der Waals surface area contributed by atoms with Gasteiger partial charge < -0.3 is 4.90 Å². The van der Waals surface area contributed by atoms with Gasteiger partial charge in [0.1, 0.15) is 0 Å². The van der Waals surface area contributed by atoms with Crippen molar-refractivity contribution in [1.82, 2.24) is 4.90 Å². The van der Waals surface area contributed by atoms with Crippen molar-refractivity contribution in [3.63, 3.8) is 0 Å². The van der Waals surface area contributed by atoms with Gasteiger partial charge in [0, 0.05) is 36.5 Å². The lowest BCUT2D eigenvalue weighted by Gasteiger charge is -2.22. The van der Waals surface area contributed by atoms with Crippen LogP contribution < -0.4 is 0 Å². The van der Waals surface area contributed by atoms with Gasteiger partial charge in [0.25, 0.3) is 0 Å². The van der Waals surface area contributed by atoms with Gasteiger partial charge >= 0.3 is 0 Å². The summed E-state index contributed by atoms with van der Waals surface area (Å²) in [5, 5.41) is 9.21. The lowest BCUT2D eigenvalue weighted by atomic mass is 10.1. The molecule has 1 amide bonds. The molecular formula is C16H19ClN2O2. The molecule has 4 nitrogen and oxygen atoms in total. The fourth-order valence-corrected chi connectivity index (χ4v) is 2.00. The van der Waals surface area contributed by atoms with Crippen LogP contribution in [0.5, 0.6) is 0 Å². The van der Waals surface area contributed by atoms with E-state index in [9.17, 15) is 9.59 Å². The number of halogens is 1. The Labute approximate surface area is 130 Å². The van der Waals surface area contributed by atoms with Crippen LogP contribution >= 0.6 is 11.6 Å². The maximum absolute atomic E-state index is 11.9. The van der Waals surface area contributed by atoms with Crippen LogP contribution in [0.2, 0.25) is 5.02 Å². The van der Waals surface area contributed by atoms with Gasteiger partial charge in [-0.15, -0.1) is 0 Å². The fourth-order valence-electron chi connectivity index (χ4n) is 1.87. The lowest BCUT2D eigenvalue weighted by molar-refractivity contribution is -0.131. The summed E-state index contributed by atoms with van der Waals surface area (Å²) in [4.78, 5) is 25.4. The van der Waals surface area contributed by atoms with E-state index in [1.807, 2.05) is 13.0 Å². The molecule has 0 radical (unpaired) electrons. The minimum Gasteiger partial charge on any atom is -0.342 e. The summed E-state index contributed by atoms with van der Waals surface area (Å²) in [7, 11) is 1.69. The molecule has 0 spiro atoms. The van der Waals surface area contributed by atoms with Crippen LogP contribution in [0.25, 0.3) is 0 Å². The minimum atomic E-state index is -0.102. The molecule has 21 heavy (non-hydrogen) atoms. The molecule has 0 aromatic heterocycles. The van der Waals surface area contributed by atoms with E-state index >= 15 is 0 Å². The summed E-state index contributed by atoms with van der Waals surface area (Å²) in [6.07, 6.45) is 1.45. The van der Waals surface area contributed by atoms with Gasteiger partial charge in [-0.3, -0.25) is 9.59 Å². The average molecular weight is 307 g/mol. The maximum Gasteiger partial charge on any atom is 0.222 e. The van der Waals surface area contributed by atoms with E-state index in [-0.39, 0.29) is 17.7 Å². The van der Waals surface area contributed by atoms with Gasteiger partial charge in [-0.05, 0) is 37.6 Å². The summed E-state index contributed by atoms with van der Waals surface area (Å²) < 4.78 is 0. The number of Topliss-reactive ketones (excluding diaryl/α,β-unsaturated/α-hetero) is 1. The summed E-state index contributed by atoms with van der Waals surface area (Å²) in [5.74, 6) is -0.0335. The number of ketones is 1. The van der Waals surface area contributed by atoms with Gasteiger partial charge in [-0.2, -0.15) is 5.26 Å². The van der Waals surface area contributed by atoms with Gasteiger partial charge in [-0.25, -0.2) is 0 Å². The third kappa shape index (κ3) is 5.57. The normalized spacial score (nSPS) is 11.5. The molecule has 0 aliphatic heterocycles. The van der Waals surface area contributed by atoms with Crippen molar-refractivity contribution in [3.8, 4) is 6.07 Å². The van der Waals surface area contributed by atoms with Gasteiger partial charge in [-0.1, -0.05) is 11.6 Å². The van der Waals surface area contributed by atoms with Crippen molar-refractivity contribution in [2.45, 2.75) is 38.6 Å². The molecule has 0 saturated carbocycles. The Kier molecular flexibility index (Phi) is 6.90. The highest BCUT2D eigenvalue weighted by molar-refractivity contribution is 6.30. The Morgan fingerprint density at radius 3 is 2.48 bits per heavy atom. The summed E-state index contributed by atoms with van der Waals surface area (Å²) >= 11 is 5.77. The first-order valence-corrected chi connectivity index (χ1v) is 7.25. The molecule has 1 rings (SSSR count). The maximum atomic E-state index is 11.9. The number of carbonyl (C=O) groups excluding carboxylic acids is 2. The Balaban J connectivity index is 2.39. The Morgan fingerprint density at radius 2 is 1.90 bits per heavy atom. The van der Waals surface area contributed by atoms with E-state index in [2.05, 4.69) is 0 Å². The van der Waals surface area contributed by atoms with Crippen molar-refractivity contribution in [3.05, 3.63) is 34.9 Å². The number of amides is 1. The highest BCUT2D eigenvalue weighted by Crippen LogP contribution is 2.13. The third-order valence-electron chi connectivity index (χ3n) is 3.40. The molecule has 5 heteroatoms. The van der Waals surface area contributed by atoms with Crippen LogP contribution in [-0.4, -0.2) is 29.7 Å². The van der Waals surface area contributed by atoms with Gasteiger partial charge in [0.15, 0.2) is 5.78 Å². The highest BCUT2D eigenvalue weighted by Gasteiger charge is 2.15. The van der Waals surface area contributed by atoms with E-state index in [0.717, 1.165) is 0 Å². The van der Waals surface area contributed by atoms with E-state index in [1.165, 1.54) is 0 Å². The molecule has 0 bridgehead atoms. The lowest BCUT2D eigenvalue weighted by Crippen LogP contribution is -2.34. The van der Waals surface area contributed by atoms with E-state index in [1.54, 1.807) is 36.2 Å². The Morgan fingerprint density at radius 1 is 1.29 bits per heavy atom. The summed E-state index contributed by atoms with van der Waals surface area (Å²) in [6.45, 7) is 1.83. The molecule has 0 heterocycles. The largest absolute Gasteiger partial charge is 0.342 e. The van der Waals surface area contributed by atoms with Crippen molar-refractivity contribution in [2.24, 2.45) is 0 Å². The van der Waals surface area contributed by atoms with Crippen LogP contribution in [0.3, 0.4) is 0 Å². The molecule has 1 aromatic carbocycles. The molecule has 0 N–H and O–H groups in total. The molecule has 0 saturated heterocycles. The molecule has 112 valence electrons. The van der Waals surface area contributed by atoms with Crippen LogP contribution in [0.15, 0.2) is 24.3 Å². The zero-order chi connectivity index (χ0) is 15.8. The first kappa shape index (κ1) is 17.2. The number of hydrogen-bond donors (Lipinski definition) is 0. The highest BCUT2D eigenvalue weighted by atomic mass is 35.5. The van der Waals surface area contributed by atoms with Crippen LogP contribution in [0.1, 0.15) is 43.0 Å². The van der Waals surface area contributed by atoms with Crippen molar-refractivity contribution < 1.29 is 9.59 Å². The van der Waals surface area contributed by atoms with Crippen LogP contribution in [0.4, 0.5) is 0 Å². The molecule has 0 fully saturated rings. The number of rotatable bonds is 7. The number of carbonyl (C=O) groups is 2. The minimum absolute atomic E-state index is 0.00666. The summed E-state index contributed by atoms with van der Waals surface area (Å²) in [6, 6.07) is 8.67. The molecule has 1 aromatic rings. The second kappa shape index (κ2) is 8.43. The fraction of sp³-hybridized carbons (Fsp3) is 0.438. The van der Waals surface area contributed by atoms with Crippen LogP contribution in [0, 0.1) is 11.3 Å². The number of hydrogen-bond acceptors (Lipinski definition) is 3. The van der Waals surface area contributed by atoms with Crippen molar-refractivity contribution in [2.75, 3.05) is 7.05 Å². The topological polar surface area (TPSA) is 61.2 Å². The molecule has 1 atom stereocenters. The summed E-state index contributed by atoms with van der Waals surface area (Å²) in [5.41, 5.74) is 0.609.